The van der Waals surface area contributed by atoms with E-state index in [0.717, 1.165) is 12.1 Å². The summed E-state index contributed by atoms with van der Waals surface area (Å²) in [6, 6.07) is 2.11. The highest BCUT2D eigenvalue weighted by Crippen LogP contribution is 2.50. The van der Waals surface area contributed by atoms with Gasteiger partial charge in [-0.3, -0.25) is 0 Å². The van der Waals surface area contributed by atoms with E-state index in [1.807, 2.05) is 5.32 Å². The Morgan fingerprint density at radius 3 is 2.04 bits per heavy atom. The van der Waals surface area contributed by atoms with Crippen molar-refractivity contribution >= 4 is 49.7 Å². The Labute approximate surface area is 137 Å². The van der Waals surface area contributed by atoms with Crippen LogP contribution < -0.4 is 24.9 Å². The van der Waals surface area contributed by atoms with Crippen molar-refractivity contribution in [3.05, 3.63) is 28.8 Å². The highest BCUT2D eigenvalue weighted by Gasteiger charge is 2.33. The second-order valence-electron chi connectivity index (χ2n) is 4.13. The molecule has 14 heteroatoms. The van der Waals surface area contributed by atoms with E-state index in [1.165, 1.54) is 0 Å². The summed E-state index contributed by atoms with van der Waals surface area (Å²) in [5, 5.41) is -1.97. The molecule has 0 amide bonds. The van der Waals surface area contributed by atoms with E-state index in [0.29, 0.717) is 6.07 Å². The third-order valence-electron chi connectivity index (χ3n) is 2.37. The van der Waals surface area contributed by atoms with Gasteiger partial charge in [-0.15, -0.1) is 0 Å². The number of rotatable bonds is 4. The van der Waals surface area contributed by atoms with Crippen molar-refractivity contribution in [2.45, 2.75) is 11.6 Å². The smallest absolute Gasteiger partial charge is 0.417 e. The Kier molecular flexibility index (Phi) is 6.05. The Bertz CT molecular complexity index is 696. The third kappa shape index (κ3) is 5.51. The number of alkyl halides is 3. The number of anilines is 1. The van der Waals surface area contributed by atoms with E-state index in [9.17, 15) is 41.9 Å². The van der Waals surface area contributed by atoms with Gasteiger partial charge in [0.2, 0.25) is 0 Å². The maximum absolute atomic E-state index is 12.7. The number of thiocarbonyl (C=S) groups is 1. The standard InChI is InChI=1S/C9H9ClF3NO6P2S/c10-6-2-1-4(3-5(6)9(11,12)13)14-7(23)8(21(15,16)17)22(18,19)20/h1-3,8H,(H,14,23)(H2,15,16,17)(H2,18,19,20)/p-4. The molecule has 0 bridgehead atoms. The Hall–Kier alpha value is -0.510. The molecular weight excluding hydrogens is 405 g/mol. The van der Waals surface area contributed by atoms with E-state index in [1.54, 1.807) is 0 Å². The average Bonchev–Trinajstić information content (AvgIpc) is 2.25. The van der Waals surface area contributed by atoms with Crippen LogP contribution in [0.25, 0.3) is 0 Å². The third-order valence-corrected chi connectivity index (χ3v) is 6.80. The number of benzene rings is 1. The van der Waals surface area contributed by atoms with Crippen molar-refractivity contribution in [2.24, 2.45) is 0 Å². The molecule has 0 aromatic heterocycles. The lowest BCUT2D eigenvalue weighted by atomic mass is 10.2. The minimum Gasteiger partial charge on any atom is -0.810 e. The molecule has 1 N–H and O–H groups in total. The zero-order valence-electron chi connectivity index (χ0n) is 10.6. The quantitative estimate of drug-likeness (QED) is 0.551. The number of nitrogens with one attached hydrogen (secondary N) is 1. The molecule has 0 saturated heterocycles. The zero-order chi connectivity index (χ0) is 18.2. The molecule has 0 saturated carbocycles. The summed E-state index contributed by atoms with van der Waals surface area (Å²) in [5.74, 6) is 0. The summed E-state index contributed by atoms with van der Waals surface area (Å²) < 4.78 is 59.7. The first kappa shape index (κ1) is 20.5. The number of hydrogen-bond donors (Lipinski definition) is 1. The molecule has 0 unspecified atom stereocenters. The Balaban J connectivity index is 3.20. The molecule has 1 rings (SSSR count). The molecule has 130 valence electrons. The maximum atomic E-state index is 12.7. The largest absolute Gasteiger partial charge is 0.810 e. The fourth-order valence-corrected chi connectivity index (χ4v) is 4.69. The van der Waals surface area contributed by atoms with Crippen LogP contribution >= 0.6 is 39.0 Å². The van der Waals surface area contributed by atoms with Crippen molar-refractivity contribution in [3.63, 3.8) is 0 Å². The molecule has 0 spiro atoms. The lowest BCUT2D eigenvalue weighted by Gasteiger charge is -2.49. The lowest BCUT2D eigenvalue weighted by molar-refractivity contribution is -0.327. The minimum absolute atomic E-state index is 0.409. The fraction of sp³-hybridized carbons (Fsp3) is 0.222. The predicted molar refractivity (Wildman–Crippen MR) is 71.7 cm³/mol. The van der Waals surface area contributed by atoms with Crippen LogP contribution in [0.1, 0.15) is 5.56 Å². The molecule has 1 aromatic carbocycles. The summed E-state index contributed by atoms with van der Waals surface area (Å²) in [4.78, 5) is 42.2. The molecule has 7 nitrogen and oxygen atoms in total. The average molecular weight is 410 g/mol. The molecule has 0 radical (unpaired) electrons. The van der Waals surface area contributed by atoms with Gasteiger partial charge in [0, 0.05) is 5.69 Å². The van der Waals surface area contributed by atoms with Gasteiger partial charge in [-0.25, -0.2) is 0 Å². The van der Waals surface area contributed by atoms with Gasteiger partial charge in [0.15, 0.2) is 0 Å². The maximum Gasteiger partial charge on any atom is 0.417 e. The second kappa shape index (κ2) is 6.78. The molecular formula is C9H5ClF3NO6P2S-4. The molecule has 0 atom stereocenters. The van der Waals surface area contributed by atoms with Gasteiger partial charge in [-0.05, 0) is 18.2 Å². The van der Waals surface area contributed by atoms with Gasteiger partial charge in [0.1, 0.15) is 0 Å². The fourth-order valence-electron chi connectivity index (χ4n) is 1.49. The molecule has 0 aliphatic rings. The van der Waals surface area contributed by atoms with E-state index in [2.05, 4.69) is 12.2 Å². The Morgan fingerprint density at radius 2 is 1.65 bits per heavy atom. The van der Waals surface area contributed by atoms with Gasteiger partial charge in [0.25, 0.3) is 0 Å². The van der Waals surface area contributed by atoms with E-state index < -0.39 is 48.0 Å². The van der Waals surface area contributed by atoms with Gasteiger partial charge < -0.3 is 34.0 Å². The van der Waals surface area contributed by atoms with Gasteiger partial charge in [0.05, 0.1) is 21.0 Å². The summed E-state index contributed by atoms with van der Waals surface area (Å²) in [5.41, 5.74) is -1.82. The van der Waals surface area contributed by atoms with Gasteiger partial charge in [-0.1, -0.05) is 39.0 Å². The van der Waals surface area contributed by atoms with E-state index >= 15 is 0 Å². The van der Waals surface area contributed by atoms with Crippen molar-refractivity contribution in [3.8, 4) is 0 Å². The summed E-state index contributed by atoms with van der Waals surface area (Å²) in [7, 11) is -12.0. The van der Waals surface area contributed by atoms with Crippen molar-refractivity contribution in [1.82, 2.24) is 0 Å². The first-order valence-electron chi connectivity index (χ1n) is 5.35. The van der Waals surface area contributed by atoms with Crippen LogP contribution in [0.3, 0.4) is 0 Å². The van der Waals surface area contributed by atoms with Crippen LogP contribution in [-0.4, -0.2) is 10.4 Å². The lowest BCUT2D eigenvalue weighted by Crippen LogP contribution is -2.41. The normalized spacial score (nSPS) is 13.3. The predicted octanol–water partition coefficient (Wildman–Crippen LogP) is 0.252. The van der Waals surface area contributed by atoms with Crippen LogP contribution in [-0.2, 0) is 15.3 Å². The highest BCUT2D eigenvalue weighted by atomic mass is 35.5. The van der Waals surface area contributed by atoms with E-state index in [4.69, 9.17) is 11.6 Å². The van der Waals surface area contributed by atoms with Gasteiger partial charge in [-0.2, -0.15) is 13.2 Å². The molecule has 1 aromatic rings. The monoisotopic (exact) mass is 409 g/mol. The number of hydrogen-bond acceptors (Lipinski definition) is 7. The van der Waals surface area contributed by atoms with E-state index in [-0.39, 0.29) is 0 Å². The number of halogens is 4. The Morgan fingerprint density at radius 1 is 1.17 bits per heavy atom. The first-order valence-corrected chi connectivity index (χ1v) is 9.36. The molecule has 0 aliphatic heterocycles. The summed E-state index contributed by atoms with van der Waals surface area (Å²) in [6.45, 7) is 0. The minimum atomic E-state index is -5.98. The SMILES string of the molecule is O=P([O-])([O-])C(C(=S)Nc1ccc(Cl)c(C(F)(F)F)c1)P(=O)([O-])[O-]. The first-order chi connectivity index (χ1) is 10.1. The highest BCUT2D eigenvalue weighted by molar-refractivity contribution is 7.84. The van der Waals surface area contributed by atoms with Crippen molar-refractivity contribution in [1.29, 1.82) is 0 Å². The molecule has 0 aliphatic carbocycles. The van der Waals surface area contributed by atoms with Gasteiger partial charge >= 0.3 is 6.18 Å². The van der Waals surface area contributed by atoms with Crippen molar-refractivity contribution in [2.75, 3.05) is 5.32 Å². The van der Waals surface area contributed by atoms with Crippen LogP contribution in [0.4, 0.5) is 18.9 Å². The topological polar surface area (TPSA) is 138 Å². The molecule has 23 heavy (non-hydrogen) atoms. The van der Waals surface area contributed by atoms with Crippen LogP contribution in [0.2, 0.25) is 5.02 Å². The van der Waals surface area contributed by atoms with Crippen LogP contribution in [0.5, 0.6) is 0 Å². The second-order valence-corrected chi connectivity index (χ2v) is 8.58. The van der Waals surface area contributed by atoms with Crippen LogP contribution in [0, 0.1) is 0 Å². The van der Waals surface area contributed by atoms with Crippen molar-refractivity contribution < 1.29 is 41.9 Å². The molecule has 0 fully saturated rings. The summed E-state index contributed by atoms with van der Waals surface area (Å²) >= 11 is 9.71. The zero-order valence-corrected chi connectivity index (χ0v) is 13.9. The summed E-state index contributed by atoms with van der Waals surface area (Å²) in [6.07, 6.45) is -4.85. The van der Waals surface area contributed by atoms with Crippen LogP contribution in [0.15, 0.2) is 18.2 Å². The molecule has 0 heterocycles.